The standard InChI is InChI=1S/C17H34N2/c1-13(2)7-17(19(5)6)12-18-11-16-9-14(3)8-15(4)10-16/h8,13-14,16-18H,7,9-12H2,1-6H3. The highest BCUT2D eigenvalue weighted by atomic mass is 15.1. The molecule has 0 spiro atoms. The fourth-order valence-corrected chi connectivity index (χ4v) is 3.32. The Morgan fingerprint density at radius 1 is 1.37 bits per heavy atom. The van der Waals surface area contributed by atoms with E-state index in [0.29, 0.717) is 6.04 Å². The maximum absolute atomic E-state index is 3.71. The fraction of sp³-hybridized carbons (Fsp3) is 0.882. The second-order valence-corrected chi connectivity index (χ2v) is 7.20. The van der Waals surface area contributed by atoms with Gasteiger partial charge >= 0.3 is 0 Å². The zero-order chi connectivity index (χ0) is 14.4. The van der Waals surface area contributed by atoms with Gasteiger partial charge in [-0.1, -0.05) is 32.4 Å². The molecule has 0 aromatic rings. The molecule has 19 heavy (non-hydrogen) atoms. The first kappa shape index (κ1) is 16.7. The van der Waals surface area contributed by atoms with Crippen molar-refractivity contribution in [1.29, 1.82) is 0 Å². The first-order valence-corrected chi connectivity index (χ1v) is 7.93. The minimum atomic E-state index is 0.664. The Morgan fingerprint density at radius 2 is 2.05 bits per heavy atom. The van der Waals surface area contributed by atoms with Crippen LogP contribution >= 0.6 is 0 Å². The van der Waals surface area contributed by atoms with Crippen LogP contribution in [0.5, 0.6) is 0 Å². The van der Waals surface area contributed by atoms with E-state index in [1.807, 2.05) is 0 Å². The lowest BCUT2D eigenvalue weighted by Gasteiger charge is -2.29. The smallest absolute Gasteiger partial charge is 0.0216 e. The van der Waals surface area contributed by atoms with Gasteiger partial charge in [-0.2, -0.15) is 0 Å². The minimum Gasteiger partial charge on any atom is -0.315 e. The molecule has 3 atom stereocenters. The van der Waals surface area contributed by atoms with Crippen LogP contribution in [0.2, 0.25) is 0 Å². The lowest BCUT2D eigenvalue weighted by atomic mass is 9.83. The first-order chi connectivity index (χ1) is 8.88. The summed E-state index contributed by atoms with van der Waals surface area (Å²) in [5, 5.41) is 3.71. The predicted molar refractivity (Wildman–Crippen MR) is 85.4 cm³/mol. The molecule has 1 rings (SSSR count). The Kier molecular flexibility index (Phi) is 7.09. The van der Waals surface area contributed by atoms with Gasteiger partial charge in [0.1, 0.15) is 0 Å². The maximum atomic E-state index is 3.71. The molecule has 0 saturated carbocycles. The van der Waals surface area contributed by atoms with E-state index >= 15 is 0 Å². The average Bonchev–Trinajstić information content (AvgIpc) is 2.25. The van der Waals surface area contributed by atoms with Crippen molar-refractivity contribution in [3.8, 4) is 0 Å². The molecule has 2 nitrogen and oxygen atoms in total. The quantitative estimate of drug-likeness (QED) is 0.709. The number of allylic oxidation sites excluding steroid dienone is 2. The van der Waals surface area contributed by atoms with Crippen LogP contribution in [-0.4, -0.2) is 38.1 Å². The van der Waals surface area contributed by atoms with Crippen molar-refractivity contribution in [3.05, 3.63) is 11.6 Å². The van der Waals surface area contributed by atoms with E-state index in [9.17, 15) is 0 Å². The Labute approximate surface area is 120 Å². The van der Waals surface area contributed by atoms with Gasteiger partial charge in [0.2, 0.25) is 0 Å². The van der Waals surface area contributed by atoms with Gasteiger partial charge in [-0.3, -0.25) is 0 Å². The van der Waals surface area contributed by atoms with Gasteiger partial charge in [-0.15, -0.1) is 0 Å². The first-order valence-electron chi connectivity index (χ1n) is 7.93. The summed E-state index contributed by atoms with van der Waals surface area (Å²) in [6.07, 6.45) is 6.35. The van der Waals surface area contributed by atoms with Gasteiger partial charge in [0.05, 0.1) is 0 Å². The molecule has 0 aromatic heterocycles. The van der Waals surface area contributed by atoms with Gasteiger partial charge in [-0.25, -0.2) is 0 Å². The van der Waals surface area contributed by atoms with E-state index in [-0.39, 0.29) is 0 Å². The highest BCUT2D eigenvalue weighted by Crippen LogP contribution is 2.27. The lowest BCUT2D eigenvalue weighted by molar-refractivity contribution is 0.241. The molecule has 0 bridgehead atoms. The van der Waals surface area contributed by atoms with Crippen LogP contribution < -0.4 is 5.32 Å². The Bertz CT molecular complexity index is 281. The number of nitrogens with zero attached hydrogens (tertiary/aromatic N) is 1. The van der Waals surface area contributed by atoms with Crippen LogP contribution in [0.3, 0.4) is 0 Å². The third kappa shape index (κ3) is 6.58. The van der Waals surface area contributed by atoms with Crippen molar-refractivity contribution in [1.82, 2.24) is 10.2 Å². The van der Waals surface area contributed by atoms with Crippen molar-refractivity contribution >= 4 is 0 Å². The summed E-state index contributed by atoms with van der Waals surface area (Å²) in [4.78, 5) is 2.36. The van der Waals surface area contributed by atoms with E-state index in [4.69, 9.17) is 0 Å². The lowest BCUT2D eigenvalue weighted by Crippen LogP contribution is -2.40. The topological polar surface area (TPSA) is 15.3 Å². The van der Waals surface area contributed by atoms with E-state index in [0.717, 1.165) is 24.3 Å². The summed E-state index contributed by atoms with van der Waals surface area (Å²) >= 11 is 0. The van der Waals surface area contributed by atoms with Gasteiger partial charge < -0.3 is 10.2 Å². The second kappa shape index (κ2) is 8.06. The number of hydrogen-bond acceptors (Lipinski definition) is 2. The summed E-state index contributed by atoms with van der Waals surface area (Å²) in [6, 6.07) is 0.664. The van der Waals surface area contributed by atoms with Crippen molar-refractivity contribution in [3.63, 3.8) is 0 Å². The molecule has 1 N–H and O–H groups in total. The third-order valence-electron chi connectivity index (χ3n) is 4.17. The molecule has 0 aliphatic heterocycles. The molecule has 3 unspecified atom stereocenters. The van der Waals surface area contributed by atoms with E-state index in [1.54, 1.807) is 5.57 Å². The molecule has 2 heteroatoms. The van der Waals surface area contributed by atoms with Gasteiger partial charge in [-0.05, 0) is 64.6 Å². The second-order valence-electron chi connectivity index (χ2n) is 7.20. The Balaban J connectivity index is 2.30. The van der Waals surface area contributed by atoms with Crippen LogP contribution in [0.1, 0.15) is 47.0 Å². The van der Waals surface area contributed by atoms with Crippen molar-refractivity contribution in [2.24, 2.45) is 17.8 Å². The molecule has 0 fully saturated rings. The van der Waals surface area contributed by atoms with Crippen LogP contribution in [0.25, 0.3) is 0 Å². The molecule has 1 aliphatic carbocycles. The SMILES string of the molecule is CC1=CC(C)CC(CNCC(CC(C)C)N(C)C)C1. The Hall–Kier alpha value is -0.340. The monoisotopic (exact) mass is 266 g/mol. The van der Waals surface area contributed by atoms with Gasteiger partial charge in [0, 0.05) is 12.6 Å². The van der Waals surface area contributed by atoms with Crippen molar-refractivity contribution in [2.75, 3.05) is 27.2 Å². The van der Waals surface area contributed by atoms with Gasteiger partial charge in [0.15, 0.2) is 0 Å². The van der Waals surface area contributed by atoms with E-state index in [1.165, 1.54) is 25.8 Å². The van der Waals surface area contributed by atoms with E-state index in [2.05, 4.69) is 58.1 Å². The molecule has 112 valence electrons. The summed E-state index contributed by atoms with van der Waals surface area (Å²) in [6.45, 7) is 11.6. The third-order valence-corrected chi connectivity index (χ3v) is 4.17. The maximum Gasteiger partial charge on any atom is 0.0216 e. The summed E-state index contributed by atoms with van der Waals surface area (Å²) in [5.41, 5.74) is 1.58. The molecule has 0 radical (unpaired) electrons. The van der Waals surface area contributed by atoms with Crippen molar-refractivity contribution < 1.29 is 0 Å². The predicted octanol–water partition coefficient (Wildman–Crippen LogP) is 3.54. The fourth-order valence-electron chi connectivity index (χ4n) is 3.32. The highest BCUT2D eigenvalue weighted by molar-refractivity contribution is 5.06. The zero-order valence-electron chi connectivity index (χ0n) is 13.9. The van der Waals surface area contributed by atoms with Crippen LogP contribution in [0.15, 0.2) is 11.6 Å². The molecule has 0 aromatic carbocycles. The Morgan fingerprint density at radius 3 is 2.58 bits per heavy atom. The number of rotatable bonds is 7. The zero-order valence-corrected chi connectivity index (χ0v) is 13.9. The molecular weight excluding hydrogens is 232 g/mol. The highest BCUT2D eigenvalue weighted by Gasteiger charge is 2.19. The molecule has 0 heterocycles. The van der Waals surface area contributed by atoms with Crippen LogP contribution in [-0.2, 0) is 0 Å². The molecule has 1 aliphatic rings. The summed E-state index contributed by atoms with van der Waals surface area (Å²) in [7, 11) is 4.40. The van der Waals surface area contributed by atoms with Gasteiger partial charge in [0.25, 0.3) is 0 Å². The van der Waals surface area contributed by atoms with Crippen molar-refractivity contribution in [2.45, 2.75) is 53.0 Å². The number of hydrogen-bond donors (Lipinski definition) is 1. The van der Waals surface area contributed by atoms with Crippen LogP contribution in [0, 0.1) is 17.8 Å². The molecule has 0 amide bonds. The largest absolute Gasteiger partial charge is 0.315 e. The summed E-state index contributed by atoms with van der Waals surface area (Å²) < 4.78 is 0. The number of likely N-dealkylation sites (N-methyl/N-ethyl adjacent to an activating group) is 1. The van der Waals surface area contributed by atoms with Crippen LogP contribution in [0.4, 0.5) is 0 Å². The number of nitrogens with one attached hydrogen (secondary N) is 1. The molecular formula is C17H34N2. The minimum absolute atomic E-state index is 0.664. The summed E-state index contributed by atoms with van der Waals surface area (Å²) in [5.74, 6) is 2.37. The van der Waals surface area contributed by atoms with E-state index < -0.39 is 0 Å². The molecule has 0 saturated heterocycles. The average molecular weight is 266 g/mol. The normalized spacial score (nSPS) is 25.8.